The fraction of sp³-hybridized carbons (Fsp3) is 0.429. The molecule has 3 aromatic carbocycles. The molecule has 2 N–H and O–H groups in total. The monoisotopic (exact) mass is 707 g/mol. The first kappa shape index (κ1) is 37.0. The van der Waals surface area contributed by atoms with Gasteiger partial charge in [0, 0.05) is 18.7 Å². The molecule has 10 nitrogen and oxygen atoms in total. The van der Waals surface area contributed by atoms with Crippen LogP contribution in [0.5, 0.6) is 0 Å². The Morgan fingerprint density at radius 3 is 2.48 bits per heavy atom. The van der Waals surface area contributed by atoms with Crippen LogP contribution in [0.25, 0.3) is 10.8 Å². The summed E-state index contributed by atoms with van der Waals surface area (Å²) in [5.74, 6) is -3.42. The van der Waals surface area contributed by atoms with Crippen molar-refractivity contribution in [3.63, 3.8) is 0 Å². The second-order valence-corrected chi connectivity index (χ2v) is 14.5. The van der Waals surface area contributed by atoms with Crippen molar-refractivity contribution in [2.75, 3.05) is 24.6 Å². The van der Waals surface area contributed by atoms with Gasteiger partial charge in [-0.25, -0.2) is 0 Å². The quantitative estimate of drug-likeness (QED) is 0.149. The number of ether oxygens (including phenoxy) is 2. The van der Waals surface area contributed by atoms with Gasteiger partial charge in [0.1, 0.15) is 17.7 Å². The molecule has 3 aliphatic heterocycles. The van der Waals surface area contributed by atoms with Crippen molar-refractivity contribution in [1.82, 2.24) is 10.2 Å². The molecule has 2 bridgehead atoms. The Morgan fingerprint density at radius 2 is 1.79 bits per heavy atom. The van der Waals surface area contributed by atoms with Gasteiger partial charge < -0.3 is 29.7 Å². The van der Waals surface area contributed by atoms with Crippen LogP contribution in [0.15, 0.2) is 98.1 Å². The van der Waals surface area contributed by atoms with Crippen LogP contribution in [-0.2, 0) is 28.7 Å². The van der Waals surface area contributed by atoms with E-state index in [9.17, 15) is 19.5 Å². The van der Waals surface area contributed by atoms with Gasteiger partial charge in [0.05, 0.1) is 37.1 Å². The Bertz CT molecular complexity index is 1810. The van der Waals surface area contributed by atoms with Gasteiger partial charge in [0.2, 0.25) is 11.8 Å². The first-order chi connectivity index (χ1) is 25.1. The van der Waals surface area contributed by atoms with Crippen LogP contribution in [-0.4, -0.2) is 77.2 Å². The molecule has 274 valence electrons. The van der Waals surface area contributed by atoms with Crippen LogP contribution >= 0.6 is 0 Å². The molecule has 0 aliphatic carbocycles. The SMILES string of the molecule is C=CCCC(=O)NC[C@H](OC(=O)[C@@H]1[C@H]2C(=O)N([C@@H](CO)CC(C)C)[C@H](C(=O)N(CC=C)c3ccc4ccccc4c3)[C@]23CC[C@H]1O3)c1ccccc1. The molecular weight excluding hydrogens is 658 g/mol. The van der Waals surface area contributed by atoms with Crippen LogP contribution in [0.4, 0.5) is 5.69 Å². The third kappa shape index (κ3) is 7.01. The number of nitrogens with one attached hydrogen (secondary N) is 1. The van der Waals surface area contributed by atoms with Crippen molar-refractivity contribution in [3.05, 3.63) is 104 Å². The highest BCUT2D eigenvalue weighted by atomic mass is 16.6. The van der Waals surface area contributed by atoms with E-state index in [0.717, 1.165) is 10.8 Å². The zero-order valence-electron chi connectivity index (χ0n) is 30.0. The molecule has 0 radical (unpaired) electrons. The van der Waals surface area contributed by atoms with E-state index in [1.165, 1.54) is 4.90 Å². The van der Waals surface area contributed by atoms with Gasteiger partial charge in [0.15, 0.2) is 0 Å². The average Bonchev–Trinajstić information content (AvgIpc) is 3.80. The predicted molar refractivity (Wildman–Crippen MR) is 199 cm³/mol. The van der Waals surface area contributed by atoms with E-state index in [1.54, 1.807) is 17.1 Å². The van der Waals surface area contributed by atoms with E-state index < -0.39 is 53.6 Å². The molecule has 0 unspecified atom stereocenters. The number of hydrogen-bond acceptors (Lipinski definition) is 7. The maximum Gasteiger partial charge on any atom is 0.313 e. The molecule has 3 aliphatic rings. The molecule has 7 atom stereocenters. The van der Waals surface area contributed by atoms with E-state index in [2.05, 4.69) is 18.5 Å². The summed E-state index contributed by atoms with van der Waals surface area (Å²) < 4.78 is 12.9. The second-order valence-electron chi connectivity index (χ2n) is 14.5. The highest BCUT2D eigenvalue weighted by Crippen LogP contribution is 2.59. The summed E-state index contributed by atoms with van der Waals surface area (Å²) in [4.78, 5) is 59.9. The predicted octanol–water partition coefficient (Wildman–Crippen LogP) is 5.51. The minimum atomic E-state index is -1.30. The Kier molecular flexibility index (Phi) is 11.3. The third-order valence-corrected chi connectivity index (χ3v) is 10.7. The van der Waals surface area contributed by atoms with Crippen LogP contribution < -0.4 is 10.2 Å². The standard InChI is InChI=1S/C42H49N3O7/c1-5-7-17-35(47)43-25-34(29-14-9-8-10-15-29)51-41(50)36-33-20-21-42(52-33)37(36)39(48)45(32(26-46)23-27(3)4)38(42)40(49)44(22-6-2)31-19-18-28-13-11-12-16-30(28)24-31/h5-6,8-16,18-19,24,27,32-34,36-38,46H,1-2,7,17,20-23,25-26H2,3-4H3,(H,43,47)/t32-,33-,34+,36+,37+,38-,42+/m1/s1. The van der Waals surface area contributed by atoms with Crippen molar-refractivity contribution in [2.24, 2.45) is 17.8 Å². The molecule has 52 heavy (non-hydrogen) atoms. The smallest absolute Gasteiger partial charge is 0.313 e. The first-order valence-corrected chi connectivity index (χ1v) is 18.3. The van der Waals surface area contributed by atoms with Gasteiger partial charge in [-0.1, -0.05) is 86.7 Å². The number of carbonyl (C=O) groups excluding carboxylic acids is 4. The minimum absolute atomic E-state index is 0.0458. The number of aliphatic hydroxyl groups is 1. The van der Waals surface area contributed by atoms with E-state index in [4.69, 9.17) is 9.47 Å². The summed E-state index contributed by atoms with van der Waals surface area (Å²) in [7, 11) is 0. The molecule has 3 amide bonds. The fourth-order valence-corrected chi connectivity index (χ4v) is 8.44. The number of nitrogens with zero attached hydrogens (tertiary/aromatic N) is 2. The molecule has 1 spiro atoms. The molecule has 0 aromatic heterocycles. The number of rotatable bonds is 16. The number of fused-ring (bicyclic) bond motifs is 2. The summed E-state index contributed by atoms with van der Waals surface area (Å²) in [5.41, 5.74) is 0.0352. The number of anilines is 1. The molecule has 3 aromatic rings. The van der Waals surface area contributed by atoms with Gasteiger partial charge in [-0.15, -0.1) is 13.2 Å². The Hall–Kier alpha value is -4.80. The lowest BCUT2D eigenvalue weighted by atomic mass is 9.70. The maximum absolute atomic E-state index is 15.1. The first-order valence-electron chi connectivity index (χ1n) is 18.3. The van der Waals surface area contributed by atoms with Crippen LogP contribution in [0.3, 0.4) is 0 Å². The number of esters is 1. The molecular formula is C42H49N3O7. The third-order valence-electron chi connectivity index (χ3n) is 10.7. The summed E-state index contributed by atoms with van der Waals surface area (Å²) in [6.07, 6.45) is 3.94. The second kappa shape index (κ2) is 15.8. The van der Waals surface area contributed by atoms with Crippen LogP contribution in [0, 0.1) is 17.8 Å². The molecule has 0 saturated carbocycles. The molecule has 3 heterocycles. The van der Waals surface area contributed by atoms with Gasteiger partial charge >= 0.3 is 5.97 Å². The fourth-order valence-electron chi connectivity index (χ4n) is 8.44. The highest BCUT2D eigenvalue weighted by Gasteiger charge is 2.75. The van der Waals surface area contributed by atoms with Gasteiger partial charge in [0.25, 0.3) is 5.91 Å². The summed E-state index contributed by atoms with van der Waals surface area (Å²) in [6.45, 7) is 11.5. The lowest BCUT2D eigenvalue weighted by Gasteiger charge is -2.39. The zero-order chi connectivity index (χ0) is 37.0. The molecule has 3 fully saturated rings. The Labute approximate surface area is 305 Å². The number of benzene rings is 3. The average molecular weight is 708 g/mol. The molecule has 3 saturated heterocycles. The van der Waals surface area contributed by atoms with Crippen molar-refractivity contribution < 1.29 is 33.8 Å². The topological polar surface area (TPSA) is 125 Å². The molecule has 6 rings (SSSR count). The van der Waals surface area contributed by atoms with E-state index in [1.807, 2.05) is 86.6 Å². The lowest BCUT2D eigenvalue weighted by Crippen LogP contribution is -2.59. The minimum Gasteiger partial charge on any atom is -0.455 e. The number of likely N-dealkylation sites (tertiary alicyclic amines) is 1. The van der Waals surface area contributed by atoms with E-state index >= 15 is 4.79 Å². The summed E-state index contributed by atoms with van der Waals surface area (Å²) >= 11 is 0. The molecule has 10 heteroatoms. The van der Waals surface area contributed by atoms with E-state index in [-0.39, 0.29) is 43.8 Å². The number of amides is 3. The lowest BCUT2D eigenvalue weighted by molar-refractivity contribution is -0.161. The normalized spacial score (nSPS) is 24.4. The largest absolute Gasteiger partial charge is 0.455 e. The number of aliphatic hydroxyl groups excluding tert-OH is 1. The van der Waals surface area contributed by atoms with Crippen LogP contribution in [0.2, 0.25) is 0 Å². The Balaban J connectivity index is 1.35. The van der Waals surface area contributed by atoms with Crippen LogP contribution in [0.1, 0.15) is 57.6 Å². The van der Waals surface area contributed by atoms with Gasteiger partial charge in [-0.3, -0.25) is 19.2 Å². The number of allylic oxidation sites excluding steroid dienone is 1. The van der Waals surface area contributed by atoms with Crippen molar-refractivity contribution in [2.45, 2.75) is 75.8 Å². The summed E-state index contributed by atoms with van der Waals surface area (Å²) in [5, 5.41) is 15.6. The number of carbonyl (C=O) groups is 4. The van der Waals surface area contributed by atoms with E-state index in [0.29, 0.717) is 36.9 Å². The van der Waals surface area contributed by atoms with Crippen molar-refractivity contribution in [1.29, 1.82) is 0 Å². The highest BCUT2D eigenvalue weighted by molar-refractivity contribution is 6.05. The Morgan fingerprint density at radius 1 is 1.06 bits per heavy atom. The van der Waals surface area contributed by atoms with Crippen molar-refractivity contribution in [3.8, 4) is 0 Å². The number of hydrogen-bond donors (Lipinski definition) is 2. The van der Waals surface area contributed by atoms with Gasteiger partial charge in [-0.05, 0) is 60.1 Å². The summed E-state index contributed by atoms with van der Waals surface area (Å²) in [6, 6.07) is 21.0. The zero-order valence-corrected chi connectivity index (χ0v) is 30.0. The van der Waals surface area contributed by atoms with Crippen molar-refractivity contribution >= 4 is 40.2 Å². The maximum atomic E-state index is 15.1. The van der Waals surface area contributed by atoms with Gasteiger partial charge in [-0.2, -0.15) is 0 Å².